The molecule has 2 bridgehead atoms. The lowest BCUT2D eigenvalue weighted by molar-refractivity contribution is -0.144. The van der Waals surface area contributed by atoms with Crippen molar-refractivity contribution in [3.05, 3.63) is 59.7 Å². The van der Waals surface area contributed by atoms with Gasteiger partial charge < -0.3 is 15.0 Å². The lowest BCUT2D eigenvalue weighted by atomic mass is 9.78. The van der Waals surface area contributed by atoms with Gasteiger partial charge >= 0.3 is 0 Å². The first-order valence-corrected chi connectivity index (χ1v) is 9.40. The summed E-state index contributed by atoms with van der Waals surface area (Å²) in [6.07, 6.45) is 0. The number of rotatable bonds is 2. The van der Waals surface area contributed by atoms with Crippen LogP contribution in [0.25, 0.3) is 0 Å². The van der Waals surface area contributed by atoms with Crippen molar-refractivity contribution in [2.24, 2.45) is 5.92 Å². The molecule has 2 aromatic carbocycles. The average Bonchev–Trinajstić information content (AvgIpc) is 2.60. The van der Waals surface area contributed by atoms with Crippen LogP contribution in [0.2, 0.25) is 0 Å². The number of anilines is 1. The van der Waals surface area contributed by atoms with Gasteiger partial charge in [-0.3, -0.25) is 9.69 Å². The summed E-state index contributed by atoms with van der Waals surface area (Å²) in [4.78, 5) is 16.8. The van der Waals surface area contributed by atoms with Crippen molar-refractivity contribution in [1.29, 1.82) is 0 Å². The van der Waals surface area contributed by atoms with Crippen molar-refractivity contribution in [3.8, 4) is 5.75 Å². The third-order valence-corrected chi connectivity index (χ3v) is 5.67. The molecule has 1 fully saturated rings. The maximum Gasteiger partial charge on any atom is 0.233 e. The number of benzene rings is 2. The highest BCUT2D eigenvalue weighted by Crippen LogP contribution is 2.49. The summed E-state index contributed by atoms with van der Waals surface area (Å²) in [6.45, 7) is 3.99. The highest BCUT2D eigenvalue weighted by Gasteiger charge is 2.59. The summed E-state index contributed by atoms with van der Waals surface area (Å²) in [5, 5.41) is 3.97. The number of fused-ring (bicyclic) bond motifs is 4. The van der Waals surface area contributed by atoms with E-state index in [2.05, 4.69) is 11.4 Å². The van der Waals surface area contributed by atoms with Crippen molar-refractivity contribution in [3.63, 3.8) is 0 Å². The Labute approximate surface area is 164 Å². The zero-order valence-corrected chi connectivity index (χ0v) is 16.7. The molecule has 1 saturated heterocycles. The van der Waals surface area contributed by atoms with Crippen LogP contribution in [-0.2, 0) is 4.79 Å². The Kier molecular flexibility index (Phi) is 4.11. The molecule has 6 heteroatoms. The van der Waals surface area contributed by atoms with E-state index in [1.54, 1.807) is 19.0 Å². The summed E-state index contributed by atoms with van der Waals surface area (Å²) in [7, 11) is 3.55. The Balaban J connectivity index is 1.92. The van der Waals surface area contributed by atoms with E-state index < -0.39 is 11.6 Å². The largest absolute Gasteiger partial charge is 0.467 e. The topological polar surface area (TPSA) is 44.8 Å². The quantitative estimate of drug-likeness (QED) is 0.809. The SMILES string of the molecule is Cc1cccc(N2C(=S)N[C@H]3c4ccccc4O[C@@]2(C)[C@H]3C(=O)N(C)C)c1. The molecule has 140 valence electrons. The molecule has 3 atom stereocenters. The number of hydrogen-bond acceptors (Lipinski definition) is 3. The van der Waals surface area contributed by atoms with Gasteiger partial charge in [0.25, 0.3) is 0 Å². The first kappa shape index (κ1) is 17.8. The molecule has 27 heavy (non-hydrogen) atoms. The van der Waals surface area contributed by atoms with Crippen LogP contribution in [0.1, 0.15) is 24.1 Å². The van der Waals surface area contributed by atoms with E-state index in [0.29, 0.717) is 5.11 Å². The van der Waals surface area contributed by atoms with Gasteiger partial charge in [-0.05, 0) is 49.8 Å². The molecule has 0 radical (unpaired) electrons. The third-order valence-electron chi connectivity index (χ3n) is 5.37. The van der Waals surface area contributed by atoms with Gasteiger partial charge in [0.2, 0.25) is 5.91 Å². The molecular weight excluding hydrogens is 358 g/mol. The van der Waals surface area contributed by atoms with Crippen LogP contribution in [0.4, 0.5) is 5.69 Å². The van der Waals surface area contributed by atoms with Gasteiger partial charge in [0.15, 0.2) is 10.8 Å². The first-order valence-electron chi connectivity index (χ1n) is 8.99. The van der Waals surface area contributed by atoms with E-state index in [-0.39, 0.29) is 11.9 Å². The summed E-state index contributed by atoms with van der Waals surface area (Å²) >= 11 is 5.72. The van der Waals surface area contributed by atoms with Crippen molar-refractivity contribution >= 4 is 28.9 Å². The molecule has 0 spiro atoms. The fraction of sp³-hybridized carbons (Fsp3) is 0.333. The zero-order chi connectivity index (χ0) is 19.3. The van der Waals surface area contributed by atoms with Crippen LogP contribution in [0, 0.1) is 12.8 Å². The molecule has 2 aliphatic heterocycles. The number of carbonyl (C=O) groups excluding carboxylic acids is 1. The van der Waals surface area contributed by atoms with E-state index in [9.17, 15) is 4.79 Å². The molecule has 0 aromatic heterocycles. The predicted octanol–water partition coefficient (Wildman–Crippen LogP) is 3.24. The van der Waals surface area contributed by atoms with E-state index in [0.717, 1.165) is 22.6 Å². The Morgan fingerprint density at radius 3 is 2.67 bits per heavy atom. The predicted molar refractivity (Wildman–Crippen MR) is 110 cm³/mol. The first-order chi connectivity index (χ1) is 12.8. The molecule has 4 rings (SSSR count). The van der Waals surface area contributed by atoms with Crippen molar-refractivity contribution < 1.29 is 9.53 Å². The minimum atomic E-state index is -0.934. The number of para-hydroxylation sites is 1. The molecule has 1 N–H and O–H groups in total. The minimum Gasteiger partial charge on any atom is -0.467 e. The third kappa shape index (κ3) is 2.67. The van der Waals surface area contributed by atoms with Gasteiger partial charge in [0.05, 0.1) is 6.04 Å². The van der Waals surface area contributed by atoms with Gasteiger partial charge in [-0.2, -0.15) is 0 Å². The van der Waals surface area contributed by atoms with Crippen LogP contribution in [0.15, 0.2) is 48.5 Å². The summed E-state index contributed by atoms with van der Waals surface area (Å²) in [5.41, 5.74) is 2.05. The number of amides is 1. The lowest BCUT2D eigenvalue weighted by Gasteiger charge is -2.56. The summed E-state index contributed by atoms with van der Waals surface area (Å²) in [5.74, 6) is 0.333. The molecule has 2 aromatic rings. The van der Waals surface area contributed by atoms with Crippen LogP contribution < -0.4 is 15.0 Å². The fourth-order valence-corrected chi connectivity index (χ4v) is 4.55. The van der Waals surface area contributed by atoms with Crippen LogP contribution in [0.5, 0.6) is 5.75 Å². The molecule has 2 aliphatic rings. The Bertz CT molecular complexity index is 929. The molecule has 1 amide bonds. The number of nitrogens with one attached hydrogen (secondary N) is 1. The lowest BCUT2D eigenvalue weighted by Crippen LogP contribution is -2.72. The maximum atomic E-state index is 13.2. The highest BCUT2D eigenvalue weighted by molar-refractivity contribution is 7.80. The summed E-state index contributed by atoms with van der Waals surface area (Å²) < 4.78 is 6.50. The number of ether oxygens (including phenoxy) is 1. The zero-order valence-electron chi connectivity index (χ0n) is 15.9. The van der Waals surface area contributed by atoms with Gasteiger partial charge in [0.1, 0.15) is 11.7 Å². The van der Waals surface area contributed by atoms with Crippen molar-refractivity contribution in [1.82, 2.24) is 10.2 Å². The molecule has 5 nitrogen and oxygen atoms in total. The number of hydrogen-bond donors (Lipinski definition) is 1. The Morgan fingerprint density at radius 1 is 1.22 bits per heavy atom. The van der Waals surface area contributed by atoms with Gasteiger partial charge in [-0.1, -0.05) is 30.3 Å². The average molecular weight is 382 g/mol. The fourth-order valence-electron chi connectivity index (χ4n) is 4.14. The van der Waals surface area contributed by atoms with Crippen molar-refractivity contribution in [2.75, 3.05) is 19.0 Å². The smallest absolute Gasteiger partial charge is 0.233 e. The van der Waals surface area contributed by atoms with Gasteiger partial charge in [-0.15, -0.1) is 0 Å². The van der Waals surface area contributed by atoms with Crippen molar-refractivity contribution in [2.45, 2.75) is 25.6 Å². The normalized spacial score (nSPS) is 25.9. The Morgan fingerprint density at radius 2 is 1.96 bits per heavy atom. The van der Waals surface area contributed by atoms with E-state index in [1.807, 2.05) is 61.2 Å². The molecule has 0 unspecified atom stereocenters. The molecule has 0 saturated carbocycles. The second-order valence-corrected chi connectivity index (χ2v) is 7.89. The summed E-state index contributed by atoms with van der Waals surface area (Å²) in [6, 6.07) is 15.7. The van der Waals surface area contributed by atoms with E-state index in [1.165, 1.54) is 0 Å². The second kappa shape index (κ2) is 6.23. The molecular formula is C21H23N3O2S. The standard InChI is InChI=1S/C21H23N3O2S/c1-13-8-7-9-14(12-13)24-20(27)22-18-15-10-5-6-11-16(15)26-21(24,2)17(18)19(25)23(3)4/h5-12,17-18H,1-4H3,(H,22,27)/t17-,18+,21+/m1/s1. The highest BCUT2D eigenvalue weighted by atomic mass is 32.1. The number of thiocarbonyl (C=S) groups is 1. The Hall–Kier alpha value is -2.60. The maximum absolute atomic E-state index is 13.2. The second-order valence-electron chi connectivity index (χ2n) is 7.51. The number of aryl methyl sites for hydroxylation is 1. The minimum absolute atomic E-state index is 0.00431. The molecule has 0 aliphatic carbocycles. The van der Waals surface area contributed by atoms with E-state index >= 15 is 0 Å². The van der Waals surface area contributed by atoms with Crippen LogP contribution in [-0.4, -0.2) is 35.7 Å². The van der Waals surface area contributed by atoms with E-state index in [4.69, 9.17) is 17.0 Å². The monoisotopic (exact) mass is 381 g/mol. The van der Waals surface area contributed by atoms with Crippen LogP contribution >= 0.6 is 12.2 Å². The number of carbonyl (C=O) groups is 1. The molecule has 2 heterocycles. The van der Waals surface area contributed by atoms with Gasteiger partial charge in [-0.25, -0.2) is 0 Å². The number of nitrogens with zero attached hydrogens (tertiary/aromatic N) is 2. The van der Waals surface area contributed by atoms with Crippen LogP contribution in [0.3, 0.4) is 0 Å². The van der Waals surface area contributed by atoms with Gasteiger partial charge in [0, 0.05) is 25.3 Å².